The summed E-state index contributed by atoms with van der Waals surface area (Å²) < 4.78 is 10.6. The summed E-state index contributed by atoms with van der Waals surface area (Å²) in [4.78, 5) is 26.0. The average Bonchev–Trinajstić information content (AvgIpc) is 2.65. The fraction of sp³-hybridized carbons (Fsp3) is 0.222. The summed E-state index contributed by atoms with van der Waals surface area (Å²) in [5, 5.41) is 16.8. The van der Waals surface area contributed by atoms with Crippen molar-refractivity contribution in [2.45, 2.75) is 19.4 Å². The highest BCUT2D eigenvalue weighted by molar-refractivity contribution is 6.31. The summed E-state index contributed by atoms with van der Waals surface area (Å²) >= 11 is 6.10. The summed E-state index contributed by atoms with van der Waals surface area (Å²) in [7, 11) is 1.40. The number of aromatic nitrogens is 1. The molecule has 2 aromatic rings. The van der Waals surface area contributed by atoms with E-state index in [1.54, 1.807) is 18.3 Å². The van der Waals surface area contributed by atoms with Gasteiger partial charge in [0.2, 0.25) is 5.90 Å². The number of ether oxygens (including phenoxy) is 2. The molecule has 7 nitrogen and oxygen atoms in total. The van der Waals surface area contributed by atoms with Crippen LogP contribution >= 0.6 is 11.6 Å². The smallest absolute Gasteiger partial charge is 0.303 e. The normalized spacial score (nSPS) is 10.2. The molecule has 8 heteroatoms. The minimum absolute atomic E-state index is 0.0182. The molecule has 0 fully saturated rings. The van der Waals surface area contributed by atoms with Gasteiger partial charge in [-0.2, -0.15) is 0 Å². The molecule has 1 aromatic heterocycles. The van der Waals surface area contributed by atoms with Gasteiger partial charge in [-0.1, -0.05) is 11.6 Å². The summed E-state index contributed by atoms with van der Waals surface area (Å²) in [6.45, 7) is 0.110. The second-order valence-corrected chi connectivity index (χ2v) is 5.80. The Morgan fingerprint density at radius 3 is 2.77 bits per heavy atom. The lowest BCUT2D eigenvalue weighted by atomic mass is 10.1. The van der Waals surface area contributed by atoms with Crippen molar-refractivity contribution in [3.8, 4) is 5.75 Å². The summed E-state index contributed by atoms with van der Waals surface area (Å²) in [6.07, 6.45) is 3.85. The molecule has 1 heterocycles. The van der Waals surface area contributed by atoms with E-state index in [1.807, 2.05) is 0 Å². The number of nitrogens with zero attached hydrogens (tertiary/aromatic N) is 1. The van der Waals surface area contributed by atoms with E-state index in [-0.39, 0.29) is 30.9 Å². The van der Waals surface area contributed by atoms with Gasteiger partial charge in [-0.3, -0.25) is 20.0 Å². The fourth-order valence-electron chi connectivity index (χ4n) is 2.23. The molecular formula is C18H17ClN2O5. The molecular weight excluding hydrogens is 360 g/mol. The van der Waals surface area contributed by atoms with Gasteiger partial charge >= 0.3 is 5.97 Å². The van der Waals surface area contributed by atoms with Crippen LogP contribution in [0.1, 0.15) is 33.5 Å². The van der Waals surface area contributed by atoms with E-state index in [1.165, 1.54) is 19.4 Å². The Morgan fingerprint density at radius 2 is 2.12 bits per heavy atom. The third-order valence-corrected chi connectivity index (χ3v) is 3.92. The maximum atomic E-state index is 11.3. The van der Waals surface area contributed by atoms with Crippen molar-refractivity contribution >= 4 is 29.8 Å². The number of aldehydes is 1. The topological polar surface area (TPSA) is 110 Å². The summed E-state index contributed by atoms with van der Waals surface area (Å²) in [5.41, 5.74) is 2.04. The van der Waals surface area contributed by atoms with Crippen molar-refractivity contribution in [3.05, 3.63) is 57.9 Å². The van der Waals surface area contributed by atoms with Crippen LogP contribution in [-0.4, -0.2) is 35.4 Å². The number of carboxylic acid groups (broad SMARTS) is 1. The standard InChI is InChI=1S/C18H17ClN2O5/c1-25-18(20)13-4-11(7-21-8-13)10-26-16-6-12(2-3-17(23)24)15(19)5-14(16)9-22/h4-9,20H,2-3,10H2,1H3,(H,23,24). The van der Waals surface area contributed by atoms with Crippen molar-refractivity contribution in [3.63, 3.8) is 0 Å². The molecule has 0 radical (unpaired) electrons. The molecule has 2 N–H and O–H groups in total. The lowest BCUT2D eigenvalue weighted by molar-refractivity contribution is -0.136. The average molecular weight is 377 g/mol. The molecule has 0 aliphatic heterocycles. The predicted octanol–water partition coefficient (Wildman–Crippen LogP) is 3.12. The third-order valence-electron chi connectivity index (χ3n) is 3.57. The molecule has 0 aliphatic rings. The fourth-order valence-corrected chi connectivity index (χ4v) is 2.50. The molecule has 136 valence electrons. The number of pyridine rings is 1. The van der Waals surface area contributed by atoms with E-state index >= 15 is 0 Å². The first-order valence-corrected chi connectivity index (χ1v) is 8.01. The number of hydrogen-bond donors (Lipinski definition) is 2. The van der Waals surface area contributed by atoms with E-state index in [2.05, 4.69) is 4.98 Å². The molecule has 0 spiro atoms. The van der Waals surface area contributed by atoms with Gasteiger partial charge in [0, 0.05) is 29.4 Å². The van der Waals surface area contributed by atoms with Gasteiger partial charge < -0.3 is 14.6 Å². The summed E-state index contributed by atoms with van der Waals surface area (Å²) in [6, 6.07) is 4.72. The monoisotopic (exact) mass is 376 g/mol. The first kappa shape index (κ1) is 19.4. The van der Waals surface area contributed by atoms with Crippen molar-refractivity contribution in [2.24, 2.45) is 0 Å². The van der Waals surface area contributed by atoms with Crippen LogP contribution in [0, 0.1) is 5.41 Å². The van der Waals surface area contributed by atoms with Crippen molar-refractivity contribution in [1.82, 2.24) is 4.98 Å². The molecule has 2 rings (SSSR count). The Morgan fingerprint density at radius 1 is 1.35 bits per heavy atom. The highest BCUT2D eigenvalue weighted by atomic mass is 35.5. The lowest BCUT2D eigenvalue weighted by Gasteiger charge is -2.12. The molecule has 0 saturated carbocycles. The van der Waals surface area contributed by atoms with Gasteiger partial charge in [0.15, 0.2) is 6.29 Å². The van der Waals surface area contributed by atoms with Gasteiger partial charge in [0.1, 0.15) is 12.4 Å². The van der Waals surface area contributed by atoms with E-state index in [4.69, 9.17) is 31.6 Å². The number of methoxy groups -OCH3 is 1. The van der Waals surface area contributed by atoms with Crippen LogP contribution in [0.2, 0.25) is 5.02 Å². The van der Waals surface area contributed by atoms with Crippen LogP contribution in [0.15, 0.2) is 30.6 Å². The number of nitrogens with one attached hydrogen (secondary N) is 1. The number of rotatable bonds is 8. The number of carbonyl (C=O) groups excluding carboxylic acids is 1. The Hall–Kier alpha value is -2.93. The van der Waals surface area contributed by atoms with Crippen LogP contribution < -0.4 is 4.74 Å². The zero-order valence-electron chi connectivity index (χ0n) is 14.0. The highest BCUT2D eigenvalue weighted by Crippen LogP contribution is 2.28. The van der Waals surface area contributed by atoms with Gasteiger partial charge in [-0.15, -0.1) is 0 Å². The predicted molar refractivity (Wildman–Crippen MR) is 95.2 cm³/mol. The van der Waals surface area contributed by atoms with E-state index < -0.39 is 5.97 Å². The summed E-state index contributed by atoms with van der Waals surface area (Å²) in [5.74, 6) is -0.654. The van der Waals surface area contributed by atoms with E-state index in [0.717, 1.165) is 0 Å². The number of carbonyl (C=O) groups is 2. The maximum absolute atomic E-state index is 11.3. The molecule has 0 amide bonds. The highest BCUT2D eigenvalue weighted by Gasteiger charge is 2.12. The molecule has 0 saturated heterocycles. The van der Waals surface area contributed by atoms with Crippen LogP contribution in [0.4, 0.5) is 0 Å². The number of benzene rings is 1. The Balaban J connectivity index is 2.20. The molecule has 1 aromatic carbocycles. The number of aliphatic carboxylic acids is 1. The van der Waals surface area contributed by atoms with Gasteiger partial charge in [-0.25, -0.2) is 0 Å². The molecule has 0 aliphatic carbocycles. The first-order valence-electron chi connectivity index (χ1n) is 7.63. The number of aryl methyl sites for hydroxylation is 1. The Kier molecular flexibility index (Phi) is 6.68. The number of hydrogen-bond acceptors (Lipinski definition) is 6. The van der Waals surface area contributed by atoms with E-state index in [0.29, 0.717) is 33.7 Å². The zero-order chi connectivity index (χ0) is 19.1. The molecule has 0 unspecified atom stereocenters. The van der Waals surface area contributed by atoms with Crippen molar-refractivity contribution < 1.29 is 24.2 Å². The van der Waals surface area contributed by atoms with Crippen molar-refractivity contribution in [2.75, 3.05) is 7.11 Å². The van der Waals surface area contributed by atoms with E-state index in [9.17, 15) is 9.59 Å². The minimum Gasteiger partial charge on any atom is -0.488 e. The van der Waals surface area contributed by atoms with Gasteiger partial charge in [0.05, 0.1) is 18.2 Å². The van der Waals surface area contributed by atoms with Crippen LogP contribution in [0.3, 0.4) is 0 Å². The zero-order valence-corrected chi connectivity index (χ0v) is 14.7. The molecule has 0 atom stereocenters. The second-order valence-electron chi connectivity index (χ2n) is 5.40. The second kappa shape index (κ2) is 8.96. The maximum Gasteiger partial charge on any atom is 0.303 e. The molecule has 0 bridgehead atoms. The quantitative estimate of drug-likeness (QED) is 0.416. The third kappa shape index (κ3) is 5.03. The van der Waals surface area contributed by atoms with Gasteiger partial charge in [-0.05, 0) is 30.2 Å². The number of carboxylic acids is 1. The first-order chi connectivity index (χ1) is 12.4. The Labute approximate surface area is 155 Å². The van der Waals surface area contributed by atoms with Crippen LogP contribution in [-0.2, 0) is 22.6 Å². The SMILES string of the molecule is COC(=N)c1cncc(COc2cc(CCC(=O)O)c(Cl)cc2C=O)c1. The molecule has 26 heavy (non-hydrogen) atoms. The van der Waals surface area contributed by atoms with Gasteiger partial charge in [0.25, 0.3) is 0 Å². The Bertz CT molecular complexity index is 838. The number of halogens is 1. The minimum atomic E-state index is -0.938. The lowest BCUT2D eigenvalue weighted by Crippen LogP contribution is -2.05. The van der Waals surface area contributed by atoms with Crippen LogP contribution in [0.5, 0.6) is 5.75 Å². The van der Waals surface area contributed by atoms with Crippen LogP contribution in [0.25, 0.3) is 0 Å². The largest absolute Gasteiger partial charge is 0.488 e. The van der Waals surface area contributed by atoms with Crippen molar-refractivity contribution in [1.29, 1.82) is 5.41 Å².